The molecule has 0 unspecified atom stereocenters. The average Bonchev–Trinajstić information content (AvgIpc) is 3.37. The van der Waals surface area contributed by atoms with E-state index in [2.05, 4.69) is 4.72 Å². The van der Waals surface area contributed by atoms with E-state index in [1.165, 1.54) is 12.1 Å². The number of aliphatic hydroxyl groups excluding tert-OH is 1. The molecular formula is C19H21N3O6S2. The van der Waals surface area contributed by atoms with Crippen molar-refractivity contribution in [2.24, 2.45) is 0 Å². The van der Waals surface area contributed by atoms with Gasteiger partial charge in [-0.2, -0.15) is 8.42 Å². The van der Waals surface area contributed by atoms with E-state index >= 15 is 0 Å². The lowest BCUT2D eigenvalue weighted by molar-refractivity contribution is 0.392. The van der Waals surface area contributed by atoms with Gasteiger partial charge in [-0.15, -0.1) is 0 Å². The summed E-state index contributed by atoms with van der Waals surface area (Å²) in [5, 5.41) is 19.7. The van der Waals surface area contributed by atoms with Crippen LogP contribution in [0.5, 0.6) is 5.75 Å². The standard InChI is InChI=1S/C19H21N3O6S2/c23-17-12-14(6-7-16(17)22-13-18(24)20-30(22,27)28)8-9-19(10-11-19)21-29(25,26)15-4-2-1-3-5-15/h1-7,12-13,20-21,23-24H,8-11H2. The summed E-state index contributed by atoms with van der Waals surface area (Å²) in [6.45, 7) is 0. The zero-order chi connectivity index (χ0) is 21.6. The van der Waals surface area contributed by atoms with Crippen molar-refractivity contribution < 1.29 is 27.0 Å². The van der Waals surface area contributed by atoms with Crippen molar-refractivity contribution in [3.8, 4) is 5.75 Å². The van der Waals surface area contributed by atoms with E-state index in [0.717, 1.165) is 28.9 Å². The number of hydrogen-bond acceptors (Lipinski definition) is 6. The van der Waals surface area contributed by atoms with Crippen LogP contribution in [0.1, 0.15) is 24.8 Å². The van der Waals surface area contributed by atoms with Crippen molar-refractivity contribution in [2.75, 3.05) is 4.31 Å². The number of rotatable bonds is 7. The molecular weight excluding hydrogens is 430 g/mol. The van der Waals surface area contributed by atoms with E-state index in [1.807, 2.05) is 4.72 Å². The fraction of sp³-hybridized carbons (Fsp3) is 0.263. The van der Waals surface area contributed by atoms with Crippen LogP contribution in [0.15, 0.2) is 65.5 Å². The molecule has 1 fully saturated rings. The summed E-state index contributed by atoms with van der Waals surface area (Å²) < 4.78 is 54.5. The Hall–Kier alpha value is -2.76. The zero-order valence-corrected chi connectivity index (χ0v) is 17.4. The predicted octanol–water partition coefficient (Wildman–Crippen LogP) is 1.85. The SMILES string of the molecule is O=S(=O)(NC1(CCc2ccc(N3C=C(O)NS3(=O)=O)c(O)c2)CC1)c1ccccc1. The first kappa shape index (κ1) is 20.5. The number of sulfonamides is 1. The number of nitrogens with one attached hydrogen (secondary N) is 2. The first-order valence-electron chi connectivity index (χ1n) is 9.24. The number of anilines is 1. The molecule has 30 heavy (non-hydrogen) atoms. The number of phenolic OH excluding ortho intramolecular Hbond substituents is 1. The smallest absolute Gasteiger partial charge is 0.330 e. The van der Waals surface area contributed by atoms with Crippen LogP contribution in [-0.4, -0.2) is 32.6 Å². The number of benzene rings is 2. The van der Waals surface area contributed by atoms with Crippen LogP contribution in [-0.2, 0) is 26.7 Å². The third-order valence-corrected chi connectivity index (χ3v) is 8.04. The third-order valence-electron chi connectivity index (χ3n) is 5.16. The van der Waals surface area contributed by atoms with Crippen molar-refractivity contribution in [3.63, 3.8) is 0 Å². The summed E-state index contributed by atoms with van der Waals surface area (Å²) in [5.41, 5.74) is 0.222. The number of phenols is 1. The van der Waals surface area contributed by atoms with Crippen molar-refractivity contribution in [3.05, 3.63) is 66.2 Å². The van der Waals surface area contributed by atoms with Gasteiger partial charge < -0.3 is 10.2 Å². The molecule has 0 saturated heterocycles. The average molecular weight is 452 g/mol. The molecule has 0 aromatic heterocycles. The van der Waals surface area contributed by atoms with Crippen LogP contribution in [0, 0.1) is 0 Å². The molecule has 2 aliphatic rings. The Kier molecular flexibility index (Phi) is 4.91. The minimum atomic E-state index is -3.99. The Morgan fingerprint density at radius 3 is 2.37 bits per heavy atom. The van der Waals surface area contributed by atoms with Crippen molar-refractivity contribution >= 4 is 25.9 Å². The summed E-state index contributed by atoms with van der Waals surface area (Å²) in [6, 6.07) is 12.7. The largest absolute Gasteiger partial charge is 0.506 e. The highest BCUT2D eigenvalue weighted by atomic mass is 32.2. The zero-order valence-electron chi connectivity index (χ0n) is 15.8. The van der Waals surface area contributed by atoms with Gasteiger partial charge in [0.1, 0.15) is 11.4 Å². The molecule has 1 saturated carbocycles. The normalized spacial score (nSPS) is 19.2. The van der Waals surface area contributed by atoms with E-state index in [1.54, 1.807) is 36.4 Å². The topological polar surface area (TPSA) is 136 Å². The molecule has 0 radical (unpaired) electrons. The Morgan fingerprint density at radius 1 is 1.10 bits per heavy atom. The van der Waals surface area contributed by atoms with Gasteiger partial charge in [0.2, 0.25) is 15.9 Å². The molecule has 0 amide bonds. The third kappa shape index (κ3) is 4.09. The van der Waals surface area contributed by atoms with Gasteiger partial charge in [0.15, 0.2) is 0 Å². The Balaban J connectivity index is 1.45. The van der Waals surface area contributed by atoms with Gasteiger partial charge in [-0.05, 0) is 55.5 Å². The summed E-state index contributed by atoms with van der Waals surface area (Å²) in [6.07, 6.45) is 3.46. The second kappa shape index (κ2) is 7.18. The summed E-state index contributed by atoms with van der Waals surface area (Å²) in [7, 11) is -7.61. The maximum absolute atomic E-state index is 12.6. The lowest BCUT2D eigenvalue weighted by atomic mass is 10.0. The molecule has 1 aliphatic carbocycles. The van der Waals surface area contributed by atoms with Gasteiger partial charge in [0.05, 0.1) is 11.1 Å². The minimum Gasteiger partial charge on any atom is -0.506 e. The first-order valence-corrected chi connectivity index (χ1v) is 12.2. The van der Waals surface area contributed by atoms with E-state index in [-0.39, 0.29) is 16.3 Å². The molecule has 0 spiro atoms. The van der Waals surface area contributed by atoms with Crippen molar-refractivity contribution in [2.45, 2.75) is 36.1 Å². The van der Waals surface area contributed by atoms with Gasteiger partial charge in [0.25, 0.3) is 0 Å². The fourth-order valence-electron chi connectivity index (χ4n) is 3.38. The highest BCUT2D eigenvalue weighted by Gasteiger charge is 2.45. The van der Waals surface area contributed by atoms with Crippen LogP contribution in [0.2, 0.25) is 0 Å². The summed E-state index contributed by atoms with van der Waals surface area (Å²) in [5.74, 6) is -0.807. The minimum absolute atomic E-state index is 0.00113. The van der Waals surface area contributed by atoms with Crippen molar-refractivity contribution in [1.82, 2.24) is 9.44 Å². The van der Waals surface area contributed by atoms with Gasteiger partial charge in [-0.1, -0.05) is 24.3 Å². The van der Waals surface area contributed by atoms with Crippen LogP contribution in [0.25, 0.3) is 0 Å². The molecule has 4 rings (SSSR count). The van der Waals surface area contributed by atoms with E-state index in [9.17, 15) is 27.0 Å². The van der Waals surface area contributed by atoms with Gasteiger partial charge >= 0.3 is 10.2 Å². The second-order valence-corrected chi connectivity index (χ2v) is 10.7. The number of hydrogen-bond donors (Lipinski definition) is 4. The van der Waals surface area contributed by atoms with E-state index in [0.29, 0.717) is 12.8 Å². The highest BCUT2D eigenvalue weighted by Crippen LogP contribution is 2.41. The Morgan fingerprint density at radius 2 is 1.80 bits per heavy atom. The lowest BCUT2D eigenvalue weighted by Gasteiger charge is -2.19. The molecule has 0 atom stereocenters. The van der Waals surface area contributed by atoms with Crippen molar-refractivity contribution in [1.29, 1.82) is 0 Å². The second-order valence-electron chi connectivity index (χ2n) is 7.44. The van der Waals surface area contributed by atoms with Gasteiger partial charge in [0, 0.05) is 5.54 Å². The molecule has 11 heteroatoms. The molecule has 160 valence electrons. The molecule has 2 aromatic carbocycles. The Labute approximate surface area is 174 Å². The molecule has 1 heterocycles. The highest BCUT2D eigenvalue weighted by molar-refractivity contribution is 7.91. The fourth-order valence-corrected chi connectivity index (χ4v) is 5.96. The lowest BCUT2D eigenvalue weighted by Crippen LogP contribution is -2.37. The quantitative estimate of drug-likeness (QED) is 0.507. The molecule has 9 nitrogen and oxygen atoms in total. The van der Waals surface area contributed by atoms with Crippen LogP contribution < -0.4 is 13.7 Å². The number of aliphatic hydroxyl groups is 1. The molecule has 4 N–H and O–H groups in total. The van der Waals surface area contributed by atoms with Crippen LogP contribution in [0.4, 0.5) is 5.69 Å². The Bertz CT molecular complexity index is 1210. The maximum atomic E-state index is 12.6. The maximum Gasteiger partial charge on any atom is 0.330 e. The molecule has 1 aliphatic heterocycles. The number of aromatic hydroxyl groups is 1. The van der Waals surface area contributed by atoms with Gasteiger partial charge in [-0.3, -0.25) is 0 Å². The first-order chi connectivity index (χ1) is 14.1. The summed E-state index contributed by atoms with van der Waals surface area (Å²) in [4.78, 5) is 0.218. The number of aryl methyl sites for hydroxylation is 1. The predicted molar refractivity (Wildman–Crippen MR) is 110 cm³/mol. The van der Waals surface area contributed by atoms with Crippen LogP contribution >= 0.6 is 0 Å². The van der Waals surface area contributed by atoms with E-state index < -0.39 is 31.7 Å². The van der Waals surface area contributed by atoms with Gasteiger partial charge in [-0.25, -0.2) is 22.2 Å². The van der Waals surface area contributed by atoms with E-state index in [4.69, 9.17) is 0 Å². The molecule has 2 aromatic rings. The number of nitrogens with zero attached hydrogens (tertiary/aromatic N) is 1. The van der Waals surface area contributed by atoms with Crippen LogP contribution in [0.3, 0.4) is 0 Å². The molecule has 0 bridgehead atoms. The summed E-state index contributed by atoms with van der Waals surface area (Å²) >= 11 is 0. The monoisotopic (exact) mass is 451 g/mol.